The Kier molecular flexibility index (Phi) is 7.36. The second kappa shape index (κ2) is 10.3. The van der Waals surface area contributed by atoms with Crippen molar-refractivity contribution in [1.82, 2.24) is 14.9 Å². The number of amides is 2. The Morgan fingerprint density at radius 3 is 2.57 bits per heavy atom. The number of aryl methyl sites for hydroxylation is 1. The SMILES string of the molecule is Cc1cc(Cl)cc2ccnc(N(C(=O)c3ccc(C(=O)O)nc3)[C@@H]3CCCN(C(=O)OC(C)(C)C)C3)c12. The van der Waals surface area contributed by atoms with Crippen molar-refractivity contribution in [3.05, 3.63) is 64.6 Å². The molecule has 1 N–H and O–H groups in total. The Bertz CT molecular complexity index is 1350. The zero-order valence-corrected chi connectivity index (χ0v) is 22.0. The van der Waals surface area contributed by atoms with Gasteiger partial charge in [-0.05, 0) is 81.8 Å². The predicted octanol–water partition coefficient (Wildman–Crippen LogP) is 5.34. The minimum atomic E-state index is -1.18. The van der Waals surface area contributed by atoms with Crippen LogP contribution in [0.1, 0.15) is 60.0 Å². The van der Waals surface area contributed by atoms with E-state index in [1.807, 2.05) is 45.9 Å². The predicted molar refractivity (Wildman–Crippen MR) is 140 cm³/mol. The Morgan fingerprint density at radius 2 is 1.92 bits per heavy atom. The van der Waals surface area contributed by atoms with Crippen LogP contribution in [0.25, 0.3) is 10.8 Å². The van der Waals surface area contributed by atoms with Gasteiger partial charge in [0.2, 0.25) is 0 Å². The lowest BCUT2D eigenvalue weighted by molar-refractivity contribution is 0.0196. The number of hydrogen-bond donors (Lipinski definition) is 1. The number of anilines is 1. The number of aromatic carboxylic acids is 1. The molecule has 2 amide bonds. The third kappa shape index (κ3) is 5.83. The standard InChI is InChI=1S/C27H29ClN4O5/c1-16-12-19(28)13-17-9-10-29-23(22(16)17)32(24(33)18-7-8-21(25(34)35)30-14-18)20-6-5-11-31(15-20)26(36)37-27(2,3)4/h7-10,12-14,20H,5-6,11,15H2,1-4H3,(H,34,35)/t20-/m1/s1. The molecule has 0 aliphatic carbocycles. The zero-order valence-electron chi connectivity index (χ0n) is 21.2. The van der Waals surface area contributed by atoms with Crippen molar-refractivity contribution in [3.8, 4) is 0 Å². The summed E-state index contributed by atoms with van der Waals surface area (Å²) in [4.78, 5) is 49.9. The highest BCUT2D eigenvalue weighted by Crippen LogP contribution is 2.34. The van der Waals surface area contributed by atoms with Gasteiger partial charge in [0.1, 0.15) is 17.1 Å². The average molecular weight is 525 g/mol. The van der Waals surface area contributed by atoms with Crippen molar-refractivity contribution in [2.45, 2.75) is 52.2 Å². The van der Waals surface area contributed by atoms with Gasteiger partial charge in [0.05, 0.1) is 11.6 Å². The molecule has 10 heteroatoms. The van der Waals surface area contributed by atoms with E-state index in [1.165, 1.54) is 18.3 Å². The number of halogens is 1. The van der Waals surface area contributed by atoms with Crippen LogP contribution < -0.4 is 4.90 Å². The zero-order chi connectivity index (χ0) is 26.9. The van der Waals surface area contributed by atoms with E-state index in [0.29, 0.717) is 30.2 Å². The first-order chi connectivity index (χ1) is 17.4. The molecule has 37 heavy (non-hydrogen) atoms. The van der Waals surface area contributed by atoms with Crippen molar-refractivity contribution >= 4 is 46.2 Å². The summed E-state index contributed by atoms with van der Waals surface area (Å²) in [7, 11) is 0. The topological polar surface area (TPSA) is 113 Å². The van der Waals surface area contributed by atoms with Crippen LogP contribution in [-0.4, -0.2) is 62.7 Å². The smallest absolute Gasteiger partial charge is 0.410 e. The number of nitrogens with zero attached hydrogens (tertiary/aromatic N) is 4. The molecule has 1 aliphatic heterocycles. The lowest BCUT2D eigenvalue weighted by Gasteiger charge is -2.39. The van der Waals surface area contributed by atoms with E-state index in [9.17, 15) is 19.5 Å². The minimum Gasteiger partial charge on any atom is -0.477 e. The summed E-state index contributed by atoms with van der Waals surface area (Å²) in [6.07, 6.45) is 3.73. The van der Waals surface area contributed by atoms with Crippen molar-refractivity contribution < 1.29 is 24.2 Å². The second-order valence-electron chi connectivity index (χ2n) is 10.1. The van der Waals surface area contributed by atoms with E-state index >= 15 is 0 Å². The molecule has 3 aromatic rings. The van der Waals surface area contributed by atoms with E-state index in [4.69, 9.17) is 16.3 Å². The van der Waals surface area contributed by atoms with Crippen molar-refractivity contribution in [2.24, 2.45) is 0 Å². The van der Waals surface area contributed by atoms with E-state index in [0.717, 1.165) is 16.3 Å². The summed E-state index contributed by atoms with van der Waals surface area (Å²) in [6.45, 7) is 8.10. The van der Waals surface area contributed by atoms with E-state index < -0.39 is 29.6 Å². The number of carbonyl (C=O) groups is 3. The Labute approximate surface area is 220 Å². The number of likely N-dealkylation sites (tertiary alicyclic amines) is 1. The van der Waals surface area contributed by atoms with Crippen LogP contribution in [-0.2, 0) is 4.74 Å². The molecule has 0 bridgehead atoms. The van der Waals surface area contributed by atoms with Crippen LogP contribution in [0.5, 0.6) is 0 Å². The van der Waals surface area contributed by atoms with E-state index in [-0.39, 0.29) is 17.8 Å². The van der Waals surface area contributed by atoms with Gasteiger partial charge in [0, 0.05) is 35.9 Å². The van der Waals surface area contributed by atoms with Crippen molar-refractivity contribution in [2.75, 3.05) is 18.0 Å². The molecule has 194 valence electrons. The van der Waals surface area contributed by atoms with Gasteiger partial charge in [-0.25, -0.2) is 19.6 Å². The summed E-state index contributed by atoms with van der Waals surface area (Å²) in [5.41, 5.74) is 0.253. The Morgan fingerprint density at radius 1 is 1.16 bits per heavy atom. The summed E-state index contributed by atoms with van der Waals surface area (Å²) >= 11 is 6.29. The van der Waals surface area contributed by atoms with Gasteiger partial charge in [0.25, 0.3) is 5.91 Å². The maximum Gasteiger partial charge on any atom is 0.410 e. The number of rotatable bonds is 4. The lowest BCUT2D eigenvalue weighted by Crippen LogP contribution is -2.53. The minimum absolute atomic E-state index is 0.161. The third-order valence-electron chi connectivity index (χ3n) is 6.10. The fourth-order valence-electron chi connectivity index (χ4n) is 4.52. The number of aromatic nitrogens is 2. The molecule has 1 aromatic carbocycles. The first kappa shape index (κ1) is 26.3. The first-order valence-corrected chi connectivity index (χ1v) is 12.4. The number of pyridine rings is 2. The van der Waals surface area contributed by atoms with Crippen LogP contribution in [0.2, 0.25) is 5.02 Å². The van der Waals surface area contributed by atoms with Gasteiger partial charge < -0.3 is 14.7 Å². The van der Waals surface area contributed by atoms with Crippen LogP contribution in [0.3, 0.4) is 0 Å². The Hall–Kier alpha value is -3.72. The molecular weight excluding hydrogens is 496 g/mol. The molecule has 1 fully saturated rings. The summed E-state index contributed by atoms with van der Waals surface area (Å²) < 4.78 is 5.58. The number of carbonyl (C=O) groups excluding carboxylic acids is 2. The molecule has 2 aromatic heterocycles. The number of carboxylic acids is 1. The summed E-state index contributed by atoms with van der Waals surface area (Å²) in [5.74, 6) is -1.13. The molecule has 0 saturated carbocycles. The molecule has 3 heterocycles. The molecule has 0 radical (unpaired) electrons. The largest absolute Gasteiger partial charge is 0.477 e. The maximum absolute atomic E-state index is 14.0. The fourth-order valence-corrected chi connectivity index (χ4v) is 4.80. The summed E-state index contributed by atoms with van der Waals surface area (Å²) in [6, 6.07) is 7.79. The quantitative estimate of drug-likeness (QED) is 0.490. The molecule has 4 rings (SSSR count). The number of piperidine rings is 1. The summed E-state index contributed by atoms with van der Waals surface area (Å²) in [5, 5.41) is 11.4. The van der Waals surface area contributed by atoms with Gasteiger partial charge in [-0.15, -0.1) is 0 Å². The van der Waals surface area contributed by atoms with Crippen LogP contribution in [0, 0.1) is 6.92 Å². The second-order valence-corrected chi connectivity index (χ2v) is 10.5. The highest BCUT2D eigenvalue weighted by Gasteiger charge is 2.35. The molecule has 1 atom stereocenters. The van der Waals surface area contributed by atoms with Gasteiger partial charge in [-0.2, -0.15) is 0 Å². The lowest BCUT2D eigenvalue weighted by atomic mass is 10.0. The number of fused-ring (bicyclic) bond motifs is 1. The van der Waals surface area contributed by atoms with Crippen molar-refractivity contribution in [1.29, 1.82) is 0 Å². The molecule has 1 aliphatic rings. The van der Waals surface area contributed by atoms with Crippen LogP contribution in [0.4, 0.5) is 10.6 Å². The maximum atomic E-state index is 14.0. The normalized spacial score (nSPS) is 15.9. The molecule has 9 nitrogen and oxygen atoms in total. The molecule has 0 unspecified atom stereocenters. The van der Waals surface area contributed by atoms with Gasteiger partial charge in [-0.1, -0.05) is 11.6 Å². The fraction of sp³-hybridized carbons (Fsp3) is 0.370. The van der Waals surface area contributed by atoms with Crippen LogP contribution >= 0.6 is 11.6 Å². The molecule has 0 spiro atoms. The van der Waals surface area contributed by atoms with Gasteiger partial charge in [0.15, 0.2) is 0 Å². The highest BCUT2D eigenvalue weighted by molar-refractivity contribution is 6.31. The van der Waals surface area contributed by atoms with E-state index in [1.54, 1.807) is 16.0 Å². The van der Waals surface area contributed by atoms with Crippen LogP contribution in [0.15, 0.2) is 42.7 Å². The molecular formula is C27H29ClN4O5. The first-order valence-electron chi connectivity index (χ1n) is 12.0. The van der Waals surface area contributed by atoms with Gasteiger partial charge in [-0.3, -0.25) is 9.69 Å². The Balaban J connectivity index is 1.79. The number of benzene rings is 1. The molecule has 1 saturated heterocycles. The van der Waals surface area contributed by atoms with Gasteiger partial charge >= 0.3 is 12.1 Å². The van der Waals surface area contributed by atoms with Crippen molar-refractivity contribution in [3.63, 3.8) is 0 Å². The van der Waals surface area contributed by atoms with E-state index in [2.05, 4.69) is 9.97 Å². The number of ether oxygens (including phenoxy) is 1. The number of hydrogen-bond acceptors (Lipinski definition) is 6. The average Bonchev–Trinajstić information content (AvgIpc) is 2.83. The highest BCUT2D eigenvalue weighted by atomic mass is 35.5. The third-order valence-corrected chi connectivity index (χ3v) is 6.31. The number of carboxylic acid groups (broad SMARTS) is 1. The monoisotopic (exact) mass is 524 g/mol.